The van der Waals surface area contributed by atoms with Crippen LogP contribution in [0.15, 0.2) is 53.1 Å². The number of carbonyl (C=O) groups excluding carboxylic acids is 2. The molecule has 0 aliphatic heterocycles. The van der Waals surface area contributed by atoms with Crippen LogP contribution in [0.5, 0.6) is 0 Å². The number of benzene rings is 1. The highest BCUT2D eigenvalue weighted by atomic mass is 16.5. The van der Waals surface area contributed by atoms with Crippen LogP contribution in [0.2, 0.25) is 0 Å². The third-order valence-corrected chi connectivity index (χ3v) is 3.06. The second kappa shape index (κ2) is 7.99. The van der Waals surface area contributed by atoms with Gasteiger partial charge in [-0.25, -0.2) is 4.79 Å². The minimum Gasteiger partial charge on any atom is -0.463 e. The number of imide groups is 1. The average Bonchev–Trinajstić information content (AvgIpc) is 3.03. The Bertz CT molecular complexity index is 596. The molecule has 0 aliphatic carbocycles. The molecule has 2 amide bonds. The summed E-state index contributed by atoms with van der Waals surface area (Å²) in [6.45, 7) is 1.99. The minimum absolute atomic E-state index is 0.0824. The van der Waals surface area contributed by atoms with Crippen LogP contribution < -0.4 is 10.6 Å². The number of nitrogens with two attached hydrogens (primary N) is 1. The van der Waals surface area contributed by atoms with Crippen molar-refractivity contribution < 1.29 is 24.1 Å². The molecule has 0 fully saturated rings. The maximum absolute atomic E-state index is 11.8. The molecule has 1 aromatic carbocycles. The van der Waals surface area contributed by atoms with Crippen LogP contribution in [0.3, 0.4) is 0 Å². The SMILES string of the molecule is CCOC(=O)NC(=O)C[NH2+][C@@H](c1ccccc1)c1ccco1. The van der Waals surface area contributed by atoms with Crippen molar-refractivity contribution in [1.29, 1.82) is 0 Å². The highest BCUT2D eigenvalue weighted by molar-refractivity contribution is 5.92. The summed E-state index contributed by atoms with van der Waals surface area (Å²) in [5.41, 5.74) is 1.02. The molecule has 3 N–H and O–H groups in total. The standard InChI is InChI=1S/C16H18N2O4/c1-2-21-16(20)18-14(19)11-17-15(13-9-6-10-22-13)12-7-4-3-5-8-12/h3-10,15,17H,2,11H2,1H3,(H,18,19,20)/p+1/t15-/m0/s1. The Morgan fingerprint density at radius 1 is 1.23 bits per heavy atom. The number of nitrogens with one attached hydrogen (secondary N) is 1. The zero-order valence-electron chi connectivity index (χ0n) is 12.3. The maximum atomic E-state index is 11.8. The van der Waals surface area contributed by atoms with E-state index in [1.807, 2.05) is 41.7 Å². The number of furan rings is 1. The van der Waals surface area contributed by atoms with Crippen LogP contribution in [0, 0.1) is 0 Å². The van der Waals surface area contributed by atoms with Crippen molar-refractivity contribution in [1.82, 2.24) is 5.32 Å². The fourth-order valence-electron chi connectivity index (χ4n) is 2.10. The number of hydrogen-bond acceptors (Lipinski definition) is 4. The lowest BCUT2D eigenvalue weighted by atomic mass is 10.0. The lowest BCUT2D eigenvalue weighted by Gasteiger charge is -2.13. The van der Waals surface area contributed by atoms with E-state index in [0.29, 0.717) is 0 Å². The van der Waals surface area contributed by atoms with Crippen LogP contribution in [-0.2, 0) is 9.53 Å². The number of hydrogen-bond donors (Lipinski definition) is 2. The number of alkyl carbamates (subject to hydrolysis) is 1. The topological polar surface area (TPSA) is 85.1 Å². The predicted molar refractivity (Wildman–Crippen MR) is 79.0 cm³/mol. The number of amides is 2. The molecule has 1 aromatic heterocycles. The van der Waals surface area contributed by atoms with Gasteiger partial charge in [0.2, 0.25) is 0 Å². The third-order valence-electron chi connectivity index (χ3n) is 3.06. The molecule has 0 unspecified atom stereocenters. The molecular formula is C16H19N2O4+. The Hall–Kier alpha value is -2.60. The van der Waals surface area contributed by atoms with Gasteiger partial charge in [0, 0.05) is 5.56 Å². The zero-order valence-corrected chi connectivity index (χ0v) is 12.3. The smallest absolute Gasteiger partial charge is 0.414 e. The summed E-state index contributed by atoms with van der Waals surface area (Å²) >= 11 is 0. The highest BCUT2D eigenvalue weighted by Crippen LogP contribution is 2.18. The second-order valence-corrected chi connectivity index (χ2v) is 4.61. The van der Waals surface area contributed by atoms with E-state index in [1.165, 1.54) is 0 Å². The van der Waals surface area contributed by atoms with Crippen LogP contribution in [0.4, 0.5) is 4.79 Å². The average molecular weight is 303 g/mol. The van der Waals surface area contributed by atoms with Gasteiger partial charge in [0.15, 0.2) is 18.3 Å². The number of ether oxygens (including phenoxy) is 1. The quantitative estimate of drug-likeness (QED) is 0.840. The van der Waals surface area contributed by atoms with Gasteiger partial charge in [-0.15, -0.1) is 0 Å². The van der Waals surface area contributed by atoms with Gasteiger partial charge in [0.1, 0.15) is 0 Å². The molecule has 22 heavy (non-hydrogen) atoms. The van der Waals surface area contributed by atoms with Crippen molar-refractivity contribution in [3.05, 3.63) is 60.1 Å². The molecule has 0 radical (unpaired) electrons. The number of quaternary nitrogens is 1. The molecule has 1 heterocycles. The molecule has 0 aliphatic rings. The number of rotatable bonds is 6. The largest absolute Gasteiger partial charge is 0.463 e. The van der Waals surface area contributed by atoms with Gasteiger partial charge < -0.3 is 14.5 Å². The molecule has 0 bridgehead atoms. The Morgan fingerprint density at radius 2 is 2.00 bits per heavy atom. The summed E-state index contributed by atoms with van der Waals surface area (Å²) in [7, 11) is 0. The first-order valence-electron chi connectivity index (χ1n) is 7.09. The van der Waals surface area contributed by atoms with Gasteiger partial charge in [-0.1, -0.05) is 30.3 Å². The maximum Gasteiger partial charge on any atom is 0.414 e. The summed E-state index contributed by atoms with van der Waals surface area (Å²) in [6, 6.07) is 13.2. The van der Waals surface area contributed by atoms with Crippen molar-refractivity contribution >= 4 is 12.0 Å². The Balaban J connectivity index is 1.99. The molecule has 0 spiro atoms. The van der Waals surface area contributed by atoms with Crippen molar-refractivity contribution in [3.8, 4) is 0 Å². The van der Waals surface area contributed by atoms with Crippen molar-refractivity contribution in [2.45, 2.75) is 13.0 Å². The van der Waals surface area contributed by atoms with Gasteiger partial charge in [-0.2, -0.15) is 0 Å². The summed E-state index contributed by atoms with van der Waals surface area (Å²) in [5.74, 6) is 0.334. The first-order valence-corrected chi connectivity index (χ1v) is 7.09. The van der Waals surface area contributed by atoms with E-state index in [4.69, 9.17) is 4.42 Å². The van der Waals surface area contributed by atoms with Crippen LogP contribution in [0.1, 0.15) is 24.3 Å². The van der Waals surface area contributed by atoms with E-state index in [1.54, 1.807) is 19.3 Å². The first-order chi connectivity index (χ1) is 10.7. The minimum atomic E-state index is -0.727. The van der Waals surface area contributed by atoms with Crippen LogP contribution >= 0.6 is 0 Å². The van der Waals surface area contributed by atoms with Gasteiger partial charge in [0.25, 0.3) is 5.91 Å². The summed E-state index contributed by atoms with van der Waals surface area (Å²) < 4.78 is 10.1. The molecule has 116 valence electrons. The van der Waals surface area contributed by atoms with E-state index in [-0.39, 0.29) is 19.2 Å². The van der Waals surface area contributed by atoms with E-state index in [9.17, 15) is 9.59 Å². The Labute approximate surface area is 128 Å². The van der Waals surface area contributed by atoms with E-state index in [0.717, 1.165) is 11.3 Å². The number of carbonyl (C=O) groups is 2. The Kier molecular flexibility index (Phi) is 5.73. The summed E-state index contributed by atoms with van der Waals surface area (Å²) in [5, 5.41) is 3.98. The van der Waals surface area contributed by atoms with Gasteiger partial charge in [-0.3, -0.25) is 10.1 Å². The Morgan fingerprint density at radius 3 is 2.64 bits per heavy atom. The monoisotopic (exact) mass is 303 g/mol. The predicted octanol–water partition coefficient (Wildman–Crippen LogP) is 1.21. The second-order valence-electron chi connectivity index (χ2n) is 4.61. The highest BCUT2D eigenvalue weighted by Gasteiger charge is 2.22. The molecule has 6 nitrogen and oxygen atoms in total. The zero-order chi connectivity index (χ0) is 15.8. The molecular weight excluding hydrogens is 284 g/mol. The fraction of sp³-hybridized carbons (Fsp3) is 0.250. The molecule has 0 saturated carbocycles. The van der Waals surface area contributed by atoms with E-state index in [2.05, 4.69) is 10.1 Å². The van der Waals surface area contributed by atoms with Crippen molar-refractivity contribution in [2.75, 3.05) is 13.2 Å². The normalized spacial score (nSPS) is 11.7. The van der Waals surface area contributed by atoms with Gasteiger partial charge in [-0.05, 0) is 19.1 Å². The van der Waals surface area contributed by atoms with Gasteiger partial charge in [0.05, 0.1) is 12.9 Å². The van der Waals surface area contributed by atoms with Crippen LogP contribution in [-0.4, -0.2) is 25.2 Å². The molecule has 6 heteroatoms. The fourth-order valence-corrected chi connectivity index (χ4v) is 2.10. The first kappa shape index (κ1) is 15.8. The van der Waals surface area contributed by atoms with Gasteiger partial charge >= 0.3 is 6.09 Å². The molecule has 2 rings (SSSR count). The van der Waals surface area contributed by atoms with E-state index >= 15 is 0 Å². The third kappa shape index (κ3) is 4.46. The lowest BCUT2D eigenvalue weighted by molar-refractivity contribution is -0.678. The van der Waals surface area contributed by atoms with Crippen LogP contribution in [0.25, 0.3) is 0 Å². The van der Waals surface area contributed by atoms with E-state index < -0.39 is 12.0 Å². The van der Waals surface area contributed by atoms with Crippen molar-refractivity contribution in [2.24, 2.45) is 0 Å². The summed E-state index contributed by atoms with van der Waals surface area (Å²) in [4.78, 5) is 23.0. The molecule has 1 atom stereocenters. The molecule has 0 saturated heterocycles. The van der Waals surface area contributed by atoms with Crippen molar-refractivity contribution in [3.63, 3.8) is 0 Å². The summed E-state index contributed by atoms with van der Waals surface area (Å²) in [6.07, 6.45) is 0.868. The lowest BCUT2D eigenvalue weighted by Crippen LogP contribution is -2.87. The molecule has 2 aromatic rings.